The van der Waals surface area contributed by atoms with E-state index in [1.807, 2.05) is 0 Å². The number of nitrogens with zero attached hydrogens (tertiary/aromatic N) is 2. The normalized spacial score (nSPS) is 24.0. The summed E-state index contributed by atoms with van der Waals surface area (Å²) in [5, 5.41) is 4.45. The highest BCUT2D eigenvalue weighted by atomic mass is 19.1. The maximum absolute atomic E-state index is 13.3. The molecular weight excluding hydrogens is 322 g/mol. The molecule has 0 atom stereocenters. The van der Waals surface area contributed by atoms with Crippen molar-refractivity contribution in [3.05, 3.63) is 71.3 Å². The van der Waals surface area contributed by atoms with Gasteiger partial charge < -0.3 is 4.84 Å². The smallest absolute Gasteiger partial charge is 0.177 e. The van der Waals surface area contributed by atoms with Gasteiger partial charge in [-0.2, -0.15) is 0 Å². The van der Waals surface area contributed by atoms with Crippen LogP contribution in [0.4, 0.5) is 8.78 Å². The van der Waals surface area contributed by atoms with E-state index >= 15 is 0 Å². The number of halogens is 2. The van der Waals surface area contributed by atoms with Gasteiger partial charge in [0, 0.05) is 12.5 Å². The number of rotatable bonds is 4. The van der Waals surface area contributed by atoms with Gasteiger partial charge in [-0.25, -0.2) is 8.78 Å². The van der Waals surface area contributed by atoms with Crippen LogP contribution in [0.15, 0.2) is 53.7 Å². The van der Waals surface area contributed by atoms with Gasteiger partial charge in [0.15, 0.2) is 6.10 Å². The van der Waals surface area contributed by atoms with E-state index < -0.39 is 6.10 Å². The van der Waals surface area contributed by atoms with E-state index in [1.165, 1.54) is 24.3 Å². The minimum atomic E-state index is -0.482. The first-order valence-electron chi connectivity index (χ1n) is 8.65. The summed E-state index contributed by atoms with van der Waals surface area (Å²) in [5.74, 6) is -0.109. The molecule has 3 saturated heterocycles. The van der Waals surface area contributed by atoms with Gasteiger partial charge in [0.05, 0.1) is 5.71 Å². The Balaban J connectivity index is 1.61. The lowest BCUT2D eigenvalue weighted by Crippen LogP contribution is -2.48. The van der Waals surface area contributed by atoms with Gasteiger partial charge >= 0.3 is 0 Å². The van der Waals surface area contributed by atoms with Gasteiger partial charge in [-0.3, -0.25) is 4.90 Å². The molecule has 130 valence electrons. The molecule has 3 fully saturated rings. The number of fused-ring (bicyclic) bond motifs is 3. The van der Waals surface area contributed by atoms with Crippen LogP contribution in [0.1, 0.15) is 30.1 Å². The summed E-state index contributed by atoms with van der Waals surface area (Å²) in [5.41, 5.74) is 2.66. The monoisotopic (exact) mass is 342 g/mol. The molecular formula is C20H20F2N2O. The first-order valence-corrected chi connectivity index (χ1v) is 8.65. The molecule has 3 nitrogen and oxygen atoms in total. The topological polar surface area (TPSA) is 24.8 Å². The third-order valence-electron chi connectivity index (χ3n) is 5.07. The standard InChI is InChI=1S/C20H20F2N2O/c21-17-5-1-15(2-6-17)20(16-3-7-18(22)8-4-16)25-23-19-13-24-11-9-14(19)10-12-24/h1-8,14,20H,9-13H2/b23-19-. The lowest BCUT2D eigenvalue weighted by molar-refractivity contribution is 0.0799. The SMILES string of the molecule is Fc1ccc(C(O/N=C2/CN3CCC2CC3)c2ccc(F)cc2)cc1. The van der Waals surface area contributed by atoms with Gasteiger partial charge in [-0.15, -0.1) is 0 Å². The zero-order chi connectivity index (χ0) is 17.2. The maximum atomic E-state index is 13.3. The Morgan fingerprint density at radius 3 is 1.84 bits per heavy atom. The van der Waals surface area contributed by atoms with E-state index in [9.17, 15) is 8.78 Å². The molecule has 25 heavy (non-hydrogen) atoms. The average Bonchev–Trinajstić information content (AvgIpc) is 2.66. The second kappa shape index (κ2) is 6.92. The molecule has 5 heteroatoms. The van der Waals surface area contributed by atoms with Crippen LogP contribution in [0.2, 0.25) is 0 Å². The van der Waals surface area contributed by atoms with E-state index in [-0.39, 0.29) is 11.6 Å². The quantitative estimate of drug-likeness (QED) is 0.780. The molecule has 5 rings (SSSR count). The highest BCUT2D eigenvalue weighted by molar-refractivity contribution is 5.89. The Morgan fingerprint density at radius 2 is 1.40 bits per heavy atom. The van der Waals surface area contributed by atoms with Gasteiger partial charge in [-0.05, 0) is 61.3 Å². The molecule has 2 bridgehead atoms. The summed E-state index contributed by atoms with van der Waals surface area (Å²) >= 11 is 0. The van der Waals surface area contributed by atoms with Crippen molar-refractivity contribution in [1.82, 2.24) is 4.90 Å². The second-order valence-electron chi connectivity index (χ2n) is 6.72. The lowest BCUT2D eigenvalue weighted by atomic mass is 9.87. The van der Waals surface area contributed by atoms with E-state index in [1.54, 1.807) is 24.3 Å². The van der Waals surface area contributed by atoms with Crippen LogP contribution in [-0.2, 0) is 4.84 Å². The van der Waals surface area contributed by atoms with Crippen LogP contribution < -0.4 is 0 Å². The summed E-state index contributed by atoms with van der Waals surface area (Å²) in [6.07, 6.45) is 1.77. The predicted octanol–water partition coefficient (Wildman–Crippen LogP) is 4.15. The summed E-state index contributed by atoms with van der Waals surface area (Å²) in [7, 11) is 0. The predicted molar refractivity (Wildman–Crippen MR) is 92.3 cm³/mol. The van der Waals surface area contributed by atoms with Gasteiger partial charge in [0.1, 0.15) is 11.6 Å². The Morgan fingerprint density at radius 1 is 0.880 bits per heavy atom. The third-order valence-corrected chi connectivity index (χ3v) is 5.07. The molecule has 3 heterocycles. The van der Waals surface area contributed by atoms with Crippen molar-refractivity contribution in [2.24, 2.45) is 11.1 Å². The van der Waals surface area contributed by atoms with Crippen molar-refractivity contribution in [3.63, 3.8) is 0 Å². The highest BCUT2D eigenvalue weighted by Crippen LogP contribution is 2.29. The molecule has 2 aromatic carbocycles. The second-order valence-corrected chi connectivity index (χ2v) is 6.72. The summed E-state index contributed by atoms with van der Waals surface area (Å²) < 4.78 is 26.5. The molecule has 0 unspecified atom stereocenters. The van der Waals surface area contributed by atoms with Gasteiger partial charge in [0.25, 0.3) is 0 Å². The average molecular weight is 342 g/mol. The molecule has 3 aliphatic rings. The molecule has 0 amide bonds. The number of hydrogen-bond acceptors (Lipinski definition) is 3. The van der Waals surface area contributed by atoms with Crippen molar-refractivity contribution < 1.29 is 13.6 Å². The van der Waals surface area contributed by atoms with E-state index in [0.717, 1.165) is 49.3 Å². The minimum absolute atomic E-state index is 0.301. The summed E-state index contributed by atoms with van der Waals surface area (Å²) in [6, 6.07) is 12.3. The van der Waals surface area contributed by atoms with Crippen molar-refractivity contribution in [3.8, 4) is 0 Å². The van der Waals surface area contributed by atoms with E-state index in [2.05, 4.69) is 10.1 Å². The van der Waals surface area contributed by atoms with Crippen molar-refractivity contribution in [1.29, 1.82) is 0 Å². The van der Waals surface area contributed by atoms with Crippen LogP contribution in [0, 0.1) is 17.6 Å². The number of oxime groups is 1. The fourth-order valence-corrected chi connectivity index (χ4v) is 3.60. The largest absolute Gasteiger partial charge is 0.383 e. The van der Waals surface area contributed by atoms with Crippen molar-refractivity contribution in [2.75, 3.05) is 19.6 Å². The molecule has 0 saturated carbocycles. The van der Waals surface area contributed by atoms with E-state index in [4.69, 9.17) is 4.84 Å². The fraction of sp³-hybridized carbons (Fsp3) is 0.350. The fourth-order valence-electron chi connectivity index (χ4n) is 3.60. The van der Waals surface area contributed by atoms with Crippen LogP contribution in [0.25, 0.3) is 0 Å². The van der Waals surface area contributed by atoms with E-state index in [0.29, 0.717) is 5.92 Å². The zero-order valence-electron chi connectivity index (χ0n) is 13.9. The summed E-state index contributed by atoms with van der Waals surface area (Å²) in [4.78, 5) is 8.28. The van der Waals surface area contributed by atoms with Crippen LogP contribution >= 0.6 is 0 Å². The highest BCUT2D eigenvalue weighted by Gasteiger charge is 2.31. The van der Waals surface area contributed by atoms with Gasteiger partial charge in [-0.1, -0.05) is 29.4 Å². The van der Waals surface area contributed by atoms with Crippen molar-refractivity contribution in [2.45, 2.75) is 18.9 Å². The first kappa shape index (κ1) is 16.2. The Labute approximate surface area is 145 Å². The minimum Gasteiger partial charge on any atom is -0.383 e. The molecule has 0 aromatic heterocycles. The Hall–Kier alpha value is -2.27. The van der Waals surface area contributed by atoms with Crippen LogP contribution in [0.5, 0.6) is 0 Å². The third kappa shape index (κ3) is 3.56. The number of benzene rings is 2. The zero-order valence-corrected chi connectivity index (χ0v) is 13.9. The molecule has 0 N–H and O–H groups in total. The molecule has 3 aliphatic heterocycles. The maximum Gasteiger partial charge on any atom is 0.177 e. The molecule has 0 spiro atoms. The molecule has 2 aromatic rings. The first-order chi connectivity index (χ1) is 12.2. The summed E-state index contributed by atoms with van der Waals surface area (Å²) in [6.45, 7) is 3.11. The number of piperidine rings is 3. The van der Waals surface area contributed by atoms with Crippen LogP contribution in [0.3, 0.4) is 0 Å². The molecule has 0 aliphatic carbocycles. The Bertz CT molecular complexity index is 705. The lowest BCUT2D eigenvalue weighted by Gasteiger charge is -2.39. The van der Waals surface area contributed by atoms with Crippen LogP contribution in [-0.4, -0.2) is 30.2 Å². The van der Waals surface area contributed by atoms with Crippen molar-refractivity contribution >= 4 is 5.71 Å². The molecule has 0 radical (unpaired) electrons. The van der Waals surface area contributed by atoms with Gasteiger partial charge in [0.2, 0.25) is 0 Å². The number of hydrogen-bond donors (Lipinski definition) is 0. The Kier molecular flexibility index (Phi) is 4.49.